The van der Waals surface area contributed by atoms with Crippen LogP contribution in [0.25, 0.3) is 0 Å². The van der Waals surface area contributed by atoms with E-state index in [1.807, 2.05) is 0 Å². The molecule has 2 aromatic heterocycles. The number of hydrogen-bond acceptors (Lipinski definition) is 6. The highest BCUT2D eigenvalue weighted by Crippen LogP contribution is 2.21. The Labute approximate surface area is 151 Å². The Morgan fingerprint density at radius 2 is 1.62 bits per heavy atom. The van der Waals surface area contributed by atoms with Crippen LogP contribution in [0.15, 0.2) is 46.6 Å². The van der Waals surface area contributed by atoms with E-state index >= 15 is 0 Å². The van der Waals surface area contributed by atoms with Gasteiger partial charge in [-0.2, -0.15) is 0 Å². The Hall–Kier alpha value is -2.28. The zero-order chi connectivity index (χ0) is 19.4. The minimum atomic E-state index is -4.02. The zero-order valence-corrected chi connectivity index (χ0v) is 15.8. The van der Waals surface area contributed by atoms with Crippen LogP contribution in [0.3, 0.4) is 0 Å². The highest BCUT2D eigenvalue weighted by atomic mass is 32.2. The van der Waals surface area contributed by atoms with Crippen LogP contribution in [0.4, 0.5) is 0 Å². The Morgan fingerprint density at radius 3 is 2.08 bits per heavy atom. The van der Waals surface area contributed by atoms with E-state index in [0.717, 1.165) is 12.4 Å². The Kier molecular flexibility index (Phi) is 6.13. The lowest BCUT2D eigenvalue weighted by Crippen LogP contribution is -2.27. The maximum atomic E-state index is 12.1. The summed E-state index contributed by atoms with van der Waals surface area (Å²) in [6.07, 6.45) is 3.78. The molecule has 0 bridgehead atoms. The third-order valence-electron chi connectivity index (χ3n) is 3.44. The molecule has 0 aliphatic rings. The average molecular weight is 401 g/mol. The van der Waals surface area contributed by atoms with Crippen molar-refractivity contribution in [2.45, 2.75) is 22.9 Å². The molecule has 2 heterocycles. The van der Waals surface area contributed by atoms with Crippen LogP contribution >= 0.6 is 0 Å². The minimum Gasteiger partial charge on any atom is -0.349 e. The second kappa shape index (κ2) is 7.95. The van der Waals surface area contributed by atoms with Gasteiger partial charge in [0, 0.05) is 18.6 Å². The van der Waals surface area contributed by atoms with E-state index in [9.17, 15) is 21.6 Å². The molecule has 0 aromatic carbocycles. The third kappa shape index (κ3) is 4.66. The van der Waals surface area contributed by atoms with Gasteiger partial charge in [-0.25, -0.2) is 26.3 Å². The first kappa shape index (κ1) is 20.0. The number of carbonyl (C=O) groups excluding carboxylic acids is 1. The van der Waals surface area contributed by atoms with Crippen LogP contribution in [0.1, 0.15) is 5.69 Å². The number of amides is 1. The largest absolute Gasteiger partial charge is 0.349 e. The Bertz CT molecular complexity index is 932. The summed E-state index contributed by atoms with van der Waals surface area (Å²) in [6, 6.07) is 5.27. The fourth-order valence-corrected chi connectivity index (χ4v) is 4.38. The molecule has 0 atom stereocenters. The SMILES string of the molecule is CNS(=O)(=O)c1cn(CC(=O)NCc2ccccn2)cc1S(=O)(=O)NC. The van der Waals surface area contributed by atoms with Gasteiger partial charge in [0.2, 0.25) is 26.0 Å². The summed E-state index contributed by atoms with van der Waals surface area (Å²) in [5.41, 5.74) is 0.658. The van der Waals surface area contributed by atoms with Crippen molar-refractivity contribution in [2.24, 2.45) is 0 Å². The molecule has 0 fully saturated rings. The van der Waals surface area contributed by atoms with Crippen molar-refractivity contribution in [3.05, 3.63) is 42.5 Å². The number of carbonyl (C=O) groups is 1. The molecule has 26 heavy (non-hydrogen) atoms. The minimum absolute atomic E-state index is 0.199. The highest BCUT2D eigenvalue weighted by molar-refractivity contribution is 7.92. The standard InChI is InChI=1S/C14H19N5O5S2/c1-15-25(21,22)12-8-19(9-13(12)26(23,24)16-2)10-14(20)18-7-11-5-3-4-6-17-11/h3-6,8-9,15-16H,7,10H2,1-2H3,(H,18,20). The lowest BCUT2D eigenvalue weighted by Gasteiger charge is -2.05. The molecule has 0 aliphatic carbocycles. The van der Waals surface area contributed by atoms with Gasteiger partial charge in [0.1, 0.15) is 16.3 Å². The molecule has 0 radical (unpaired) electrons. The van der Waals surface area contributed by atoms with Crippen LogP contribution < -0.4 is 14.8 Å². The summed E-state index contributed by atoms with van der Waals surface area (Å²) in [5.74, 6) is -0.424. The lowest BCUT2D eigenvalue weighted by atomic mass is 10.3. The lowest BCUT2D eigenvalue weighted by molar-refractivity contribution is -0.121. The second-order valence-electron chi connectivity index (χ2n) is 5.17. The monoisotopic (exact) mass is 401 g/mol. The Morgan fingerprint density at radius 1 is 1.04 bits per heavy atom. The summed E-state index contributed by atoms with van der Waals surface area (Å²) in [4.78, 5) is 15.2. The predicted molar refractivity (Wildman–Crippen MR) is 93.0 cm³/mol. The Balaban J connectivity index is 2.22. The van der Waals surface area contributed by atoms with Crippen molar-refractivity contribution < 1.29 is 21.6 Å². The molecule has 0 saturated heterocycles. The van der Waals surface area contributed by atoms with Crippen molar-refractivity contribution in [1.29, 1.82) is 0 Å². The van der Waals surface area contributed by atoms with Gasteiger partial charge in [0.15, 0.2) is 0 Å². The van der Waals surface area contributed by atoms with E-state index < -0.39 is 35.7 Å². The number of pyridine rings is 1. The molecule has 0 spiro atoms. The van der Waals surface area contributed by atoms with Gasteiger partial charge in [-0.15, -0.1) is 0 Å². The van der Waals surface area contributed by atoms with Gasteiger partial charge in [-0.05, 0) is 26.2 Å². The van der Waals surface area contributed by atoms with Gasteiger partial charge in [0.25, 0.3) is 0 Å². The number of nitrogens with zero attached hydrogens (tertiary/aromatic N) is 2. The molecule has 1 amide bonds. The van der Waals surface area contributed by atoms with E-state index in [-0.39, 0.29) is 13.1 Å². The molecule has 10 nitrogen and oxygen atoms in total. The molecule has 0 aliphatic heterocycles. The summed E-state index contributed by atoms with van der Waals surface area (Å²) in [7, 11) is -5.71. The predicted octanol–water partition coefficient (Wildman–Crippen LogP) is -0.984. The summed E-state index contributed by atoms with van der Waals surface area (Å²) in [6.45, 7) is -0.0530. The number of sulfonamides is 2. The van der Waals surface area contributed by atoms with Crippen molar-refractivity contribution in [3.8, 4) is 0 Å². The van der Waals surface area contributed by atoms with Crippen LogP contribution in [0.2, 0.25) is 0 Å². The first-order chi connectivity index (χ1) is 12.2. The van der Waals surface area contributed by atoms with E-state index in [1.165, 1.54) is 18.7 Å². The number of rotatable bonds is 8. The number of nitrogens with one attached hydrogen (secondary N) is 3. The fourth-order valence-electron chi connectivity index (χ4n) is 2.09. The van der Waals surface area contributed by atoms with E-state index in [0.29, 0.717) is 5.69 Å². The molecule has 142 valence electrons. The normalized spacial score (nSPS) is 12.1. The molecular formula is C14H19N5O5S2. The van der Waals surface area contributed by atoms with Gasteiger partial charge < -0.3 is 9.88 Å². The summed E-state index contributed by atoms with van der Waals surface area (Å²) < 4.78 is 53.6. The molecule has 3 N–H and O–H groups in total. The quantitative estimate of drug-likeness (QED) is 0.519. The first-order valence-corrected chi connectivity index (χ1v) is 10.4. The maximum absolute atomic E-state index is 12.1. The van der Waals surface area contributed by atoms with Gasteiger partial charge in [-0.1, -0.05) is 6.07 Å². The third-order valence-corrected chi connectivity index (χ3v) is 6.46. The van der Waals surface area contributed by atoms with Gasteiger partial charge in [0.05, 0.1) is 12.2 Å². The van der Waals surface area contributed by atoms with Crippen molar-refractivity contribution in [2.75, 3.05) is 14.1 Å². The topological polar surface area (TPSA) is 139 Å². The van der Waals surface area contributed by atoms with Crippen molar-refractivity contribution in [1.82, 2.24) is 24.3 Å². The smallest absolute Gasteiger partial charge is 0.243 e. The number of aromatic nitrogens is 2. The molecule has 2 rings (SSSR count). The molecule has 0 unspecified atom stereocenters. The molecular weight excluding hydrogens is 382 g/mol. The van der Waals surface area contributed by atoms with Crippen molar-refractivity contribution >= 4 is 26.0 Å². The van der Waals surface area contributed by atoms with Crippen molar-refractivity contribution in [3.63, 3.8) is 0 Å². The number of hydrogen-bond donors (Lipinski definition) is 3. The summed E-state index contributed by atoms with van der Waals surface area (Å²) >= 11 is 0. The highest BCUT2D eigenvalue weighted by Gasteiger charge is 2.27. The molecule has 12 heteroatoms. The van der Waals surface area contributed by atoms with E-state index in [4.69, 9.17) is 0 Å². The van der Waals surface area contributed by atoms with E-state index in [1.54, 1.807) is 24.4 Å². The average Bonchev–Trinajstić information content (AvgIpc) is 3.06. The summed E-state index contributed by atoms with van der Waals surface area (Å²) in [5, 5.41) is 2.63. The van der Waals surface area contributed by atoms with E-state index in [2.05, 4.69) is 19.7 Å². The van der Waals surface area contributed by atoms with Crippen LogP contribution in [-0.4, -0.2) is 46.4 Å². The first-order valence-electron chi connectivity index (χ1n) is 7.43. The molecule has 2 aromatic rings. The molecule has 0 saturated carbocycles. The van der Waals surface area contributed by atoms with Crippen LogP contribution in [0, 0.1) is 0 Å². The second-order valence-corrected chi connectivity index (χ2v) is 8.88. The van der Waals surface area contributed by atoms with Crippen LogP contribution in [0.5, 0.6) is 0 Å². The fraction of sp³-hybridized carbons (Fsp3) is 0.286. The zero-order valence-electron chi connectivity index (χ0n) is 14.1. The maximum Gasteiger partial charge on any atom is 0.243 e. The van der Waals surface area contributed by atoms with Gasteiger partial charge in [-0.3, -0.25) is 9.78 Å². The van der Waals surface area contributed by atoms with Crippen LogP contribution in [-0.2, 0) is 37.9 Å². The van der Waals surface area contributed by atoms with Gasteiger partial charge >= 0.3 is 0 Å².